The van der Waals surface area contributed by atoms with Crippen LogP contribution in [0, 0.1) is 0 Å². The highest BCUT2D eigenvalue weighted by atomic mass is 79.9. The summed E-state index contributed by atoms with van der Waals surface area (Å²) < 4.78 is 2.08. The largest absolute Gasteiger partial charge is 0.338 e. The van der Waals surface area contributed by atoms with Gasteiger partial charge in [0.25, 0.3) is 0 Å². The highest BCUT2D eigenvalue weighted by molar-refractivity contribution is 9.09. The number of rotatable bonds is 4. The zero-order chi connectivity index (χ0) is 8.10. The molecule has 0 bridgehead atoms. The Kier molecular flexibility index (Phi) is 3.63. The summed E-state index contributed by atoms with van der Waals surface area (Å²) in [5.74, 6) is 1.19. The molecule has 2 nitrogen and oxygen atoms in total. The number of hydrogen-bond acceptors (Lipinski definition) is 1. The summed E-state index contributed by atoms with van der Waals surface area (Å²) in [6.45, 7) is 0. The van der Waals surface area contributed by atoms with E-state index in [1.165, 1.54) is 18.7 Å². The lowest BCUT2D eigenvalue weighted by Crippen LogP contribution is -1.96. The van der Waals surface area contributed by atoms with E-state index in [0.717, 1.165) is 11.8 Å². The van der Waals surface area contributed by atoms with E-state index in [9.17, 15) is 0 Å². The van der Waals surface area contributed by atoms with Crippen LogP contribution < -0.4 is 0 Å². The van der Waals surface area contributed by atoms with E-state index < -0.39 is 0 Å². The van der Waals surface area contributed by atoms with Gasteiger partial charge in [0.05, 0.1) is 0 Å². The number of nitrogens with zero attached hydrogens (tertiary/aromatic N) is 2. The minimum Gasteiger partial charge on any atom is -0.338 e. The van der Waals surface area contributed by atoms with Gasteiger partial charge in [0.15, 0.2) is 0 Å². The molecule has 1 rings (SSSR count). The molecule has 0 spiro atoms. The Morgan fingerprint density at radius 3 is 2.91 bits per heavy atom. The Morgan fingerprint density at radius 1 is 1.55 bits per heavy atom. The number of aryl methyl sites for hydroxylation is 2. The summed E-state index contributed by atoms with van der Waals surface area (Å²) >= 11 is 3.40. The zero-order valence-corrected chi connectivity index (χ0v) is 8.34. The van der Waals surface area contributed by atoms with Gasteiger partial charge in [-0.15, -0.1) is 0 Å². The highest BCUT2D eigenvalue weighted by Gasteiger charge is 1.96. The highest BCUT2D eigenvalue weighted by Crippen LogP contribution is 2.02. The Hall–Kier alpha value is -0.310. The van der Waals surface area contributed by atoms with Crippen molar-refractivity contribution in [2.24, 2.45) is 7.05 Å². The summed E-state index contributed by atoms with van der Waals surface area (Å²) in [4.78, 5) is 4.24. The maximum Gasteiger partial charge on any atom is 0.108 e. The third kappa shape index (κ3) is 2.66. The van der Waals surface area contributed by atoms with E-state index in [4.69, 9.17) is 0 Å². The van der Waals surface area contributed by atoms with Crippen LogP contribution in [0.4, 0.5) is 0 Å². The molecule has 0 unspecified atom stereocenters. The Labute approximate surface area is 75.8 Å². The fourth-order valence-corrected chi connectivity index (χ4v) is 1.41. The van der Waals surface area contributed by atoms with Crippen molar-refractivity contribution in [1.29, 1.82) is 0 Å². The van der Waals surface area contributed by atoms with Crippen LogP contribution in [0.15, 0.2) is 12.4 Å². The number of alkyl halides is 1. The molecule has 11 heavy (non-hydrogen) atoms. The summed E-state index contributed by atoms with van der Waals surface area (Å²) in [7, 11) is 2.04. The summed E-state index contributed by atoms with van der Waals surface area (Å²) in [5.41, 5.74) is 0. The molecule has 0 aliphatic carbocycles. The summed E-state index contributed by atoms with van der Waals surface area (Å²) in [6.07, 6.45) is 7.38. The molecule has 0 aliphatic rings. The van der Waals surface area contributed by atoms with Gasteiger partial charge in [-0.2, -0.15) is 0 Å². The van der Waals surface area contributed by atoms with E-state index in [0.29, 0.717) is 0 Å². The second kappa shape index (κ2) is 4.54. The van der Waals surface area contributed by atoms with Crippen molar-refractivity contribution in [3.8, 4) is 0 Å². The van der Waals surface area contributed by atoms with Crippen molar-refractivity contribution in [2.75, 3.05) is 5.33 Å². The van der Waals surface area contributed by atoms with Gasteiger partial charge in [-0.3, -0.25) is 0 Å². The predicted octanol–water partition coefficient (Wildman–Crippen LogP) is 2.14. The monoisotopic (exact) mass is 216 g/mol. The molecule has 0 amide bonds. The average Bonchev–Trinajstić information content (AvgIpc) is 2.37. The van der Waals surface area contributed by atoms with Gasteiger partial charge in [0.1, 0.15) is 5.82 Å². The molecule has 0 radical (unpaired) electrons. The molecule has 0 aromatic carbocycles. The van der Waals surface area contributed by atoms with E-state index >= 15 is 0 Å². The maximum atomic E-state index is 4.24. The standard InChI is InChI=1S/C8H13BrN2/c1-11-7-6-10-8(11)4-2-3-5-9/h6-7H,2-5H2,1H3. The van der Waals surface area contributed by atoms with Gasteiger partial charge >= 0.3 is 0 Å². The molecule has 0 aliphatic heterocycles. The van der Waals surface area contributed by atoms with Gasteiger partial charge in [-0.1, -0.05) is 15.9 Å². The average molecular weight is 217 g/mol. The Balaban J connectivity index is 2.32. The van der Waals surface area contributed by atoms with Crippen molar-refractivity contribution in [3.05, 3.63) is 18.2 Å². The van der Waals surface area contributed by atoms with Crippen LogP contribution in [0.2, 0.25) is 0 Å². The smallest absolute Gasteiger partial charge is 0.108 e. The van der Waals surface area contributed by atoms with Gasteiger partial charge in [0.2, 0.25) is 0 Å². The van der Waals surface area contributed by atoms with Crippen LogP contribution in [0.1, 0.15) is 18.7 Å². The zero-order valence-electron chi connectivity index (χ0n) is 6.76. The molecule has 62 valence electrons. The molecule has 0 N–H and O–H groups in total. The lowest BCUT2D eigenvalue weighted by molar-refractivity contribution is 0.717. The Morgan fingerprint density at radius 2 is 2.36 bits per heavy atom. The molecule has 0 saturated heterocycles. The first-order valence-corrected chi connectivity index (χ1v) is 4.99. The van der Waals surface area contributed by atoms with Gasteiger partial charge < -0.3 is 4.57 Å². The molecule has 1 aromatic heterocycles. The second-order valence-electron chi connectivity index (χ2n) is 2.60. The Bertz CT molecular complexity index is 208. The summed E-state index contributed by atoms with van der Waals surface area (Å²) in [6, 6.07) is 0. The normalized spacial score (nSPS) is 10.4. The molecular weight excluding hydrogens is 204 g/mol. The molecule has 1 heterocycles. The number of aromatic nitrogens is 2. The van der Waals surface area contributed by atoms with Crippen molar-refractivity contribution in [3.63, 3.8) is 0 Å². The summed E-state index contributed by atoms with van der Waals surface area (Å²) in [5, 5.41) is 1.09. The predicted molar refractivity (Wildman–Crippen MR) is 49.9 cm³/mol. The quantitative estimate of drug-likeness (QED) is 0.558. The molecule has 3 heteroatoms. The molecular formula is C8H13BrN2. The van der Waals surface area contributed by atoms with Gasteiger partial charge in [0, 0.05) is 31.2 Å². The molecule has 1 aromatic rings. The SMILES string of the molecule is Cn1ccnc1CCCCBr. The number of imidazole rings is 1. The fourth-order valence-electron chi connectivity index (χ4n) is 1.01. The van der Waals surface area contributed by atoms with Crippen molar-refractivity contribution in [2.45, 2.75) is 19.3 Å². The van der Waals surface area contributed by atoms with Crippen molar-refractivity contribution >= 4 is 15.9 Å². The molecule has 0 atom stereocenters. The van der Waals surface area contributed by atoms with Crippen LogP contribution in [0.5, 0.6) is 0 Å². The lowest BCUT2D eigenvalue weighted by Gasteiger charge is -1.99. The molecule has 0 fully saturated rings. The van der Waals surface area contributed by atoms with E-state index in [1.807, 2.05) is 19.4 Å². The van der Waals surface area contributed by atoms with Crippen LogP contribution in [0.3, 0.4) is 0 Å². The fraction of sp³-hybridized carbons (Fsp3) is 0.625. The number of unbranched alkanes of at least 4 members (excludes halogenated alkanes) is 1. The first-order valence-electron chi connectivity index (χ1n) is 3.86. The van der Waals surface area contributed by atoms with E-state index in [-0.39, 0.29) is 0 Å². The minimum absolute atomic E-state index is 1.09. The van der Waals surface area contributed by atoms with Gasteiger partial charge in [-0.05, 0) is 12.8 Å². The second-order valence-corrected chi connectivity index (χ2v) is 3.39. The van der Waals surface area contributed by atoms with Crippen LogP contribution in [0.25, 0.3) is 0 Å². The van der Waals surface area contributed by atoms with Crippen LogP contribution in [-0.4, -0.2) is 14.9 Å². The van der Waals surface area contributed by atoms with Gasteiger partial charge in [-0.25, -0.2) is 4.98 Å². The van der Waals surface area contributed by atoms with Crippen molar-refractivity contribution < 1.29 is 0 Å². The lowest BCUT2D eigenvalue weighted by atomic mass is 10.2. The van der Waals surface area contributed by atoms with Crippen LogP contribution >= 0.6 is 15.9 Å². The third-order valence-corrected chi connectivity index (χ3v) is 2.27. The third-order valence-electron chi connectivity index (χ3n) is 1.70. The van der Waals surface area contributed by atoms with Crippen molar-refractivity contribution in [1.82, 2.24) is 9.55 Å². The number of halogens is 1. The topological polar surface area (TPSA) is 17.8 Å². The minimum atomic E-state index is 1.09. The first-order chi connectivity index (χ1) is 5.34. The number of hydrogen-bond donors (Lipinski definition) is 0. The maximum absolute atomic E-state index is 4.24. The first kappa shape index (κ1) is 8.78. The van der Waals surface area contributed by atoms with Crippen LogP contribution in [-0.2, 0) is 13.5 Å². The van der Waals surface area contributed by atoms with E-state index in [1.54, 1.807) is 0 Å². The molecule has 0 saturated carbocycles. The van der Waals surface area contributed by atoms with E-state index in [2.05, 4.69) is 25.5 Å².